The zero-order chi connectivity index (χ0) is 29.9. The summed E-state index contributed by atoms with van der Waals surface area (Å²) in [6, 6.07) is 22.7. The summed E-state index contributed by atoms with van der Waals surface area (Å²) in [5.41, 5.74) is -0.653. The van der Waals surface area contributed by atoms with Gasteiger partial charge < -0.3 is 23.5 Å². The molecule has 4 aromatic carbocycles. The molecule has 218 valence electrons. The van der Waals surface area contributed by atoms with Crippen LogP contribution in [0.2, 0.25) is 0 Å². The standard InChI is InChI=1S/C35H31NO7/c1-34(2)20-35(17-16-21-10-11-24-13-12-22-7-5-8-23-14-15-26(21)28(24)27(22)23)29(31(37)39-3)30(32(38)40-4)43-36(35)33(34)42-19-25-9-6-18-41-25/h5-18,33H,19-20H2,1-4H3/b17-16+/t33-,35+/m0/s1. The number of esters is 2. The van der Waals surface area contributed by atoms with E-state index in [9.17, 15) is 9.59 Å². The molecule has 1 aromatic heterocycles. The number of hydrogen-bond acceptors (Lipinski definition) is 8. The Hall–Kier alpha value is -4.66. The Balaban J connectivity index is 1.39. The van der Waals surface area contributed by atoms with Gasteiger partial charge in [0.1, 0.15) is 23.5 Å². The van der Waals surface area contributed by atoms with Crippen LogP contribution in [0, 0.1) is 5.41 Å². The number of carbonyl (C=O) groups is 2. The molecule has 0 N–H and O–H groups in total. The minimum absolute atomic E-state index is 0.0768. The first-order valence-electron chi connectivity index (χ1n) is 14.2. The fourth-order valence-electron chi connectivity index (χ4n) is 6.85. The second-order valence-electron chi connectivity index (χ2n) is 11.8. The van der Waals surface area contributed by atoms with Crippen molar-refractivity contribution in [2.24, 2.45) is 5.41 Å². The second-order valence-corrected chi connectivity index (χ2v) is 11.8. The molecule has 7 rings (SSSR count). The molecule has 0 aliphatic carbocycles. The molecule has 0 radical (unpaired) electrons. The predicted molar refractivity (Wildman–Crippen MR) is 162 cm³/mol. The van der Waals surface area contributed by atoms with Crippen LogP contribution in [0.25, 0.3) is 38.4 Å². The SMILES string of the molecule is COC(=O)C1=C(C(=O)OC)[C@@]2(/C=C/c3ccc4ccc5cccc6ccc3c4c56)CC(C)(C)[C@H](OCc3ccco3)N2O1. The maximum atomic E-state index is 13.4. The van der Waals surface area contributed by atoms with Gasteiger partial charge in [-0.1, -0.05) is 85.7 Å². The summed E-state index contributed by atoms with van der Waals surface area (Å²) in [6.45, 7) is 4.26. The third-order valence-electron chi connectivity index (χ3n) is 8.67. The molecule has 2 aliphatic rings. The van der Waals surface area contributed by atoms with Crippen molar-refractivity contribution in [3.05, 3.63) is 102 Å². The van der Waals surface area contributed by atoms with Crippen LogP contribution in [0.4, 0.5) is 0 Å². The van der Waals surface area contributed by atoms with Gasteiger partial charge in [-0.05, 0) is 56.4 Å². The molecule has 8 heteroatoms. The zero-order valence-corrected chi connectivity index (χ0v) is 24.4. The highest BCUT2D eigenvalue weighted by molar-refractivity contribution is 6.24. The van der Waals surface area contributed by atoms with E-state index in [0.717, 1.165) is 16.3 Å². The number of benzene rings is 4. The number of hydrogen-bond donors (Lipinski definition) is 0. The van der Waals surface area contributed by atoms with Crippen molar-refractivity contribution in [1.29, 1.82) is 0 Å². The van der Waals surface area contributed by atoms with E-state index in [-0.39, 0.29) is 17.9 Å². The van der Waals surface area contributed by atoms with Gasteiger partial charge >= 0.3 is 11.9 Å². The minimum Gasteiger partial charge on any atom is -0.467 e. The monoisotopic (exact) mass is 577 g/mol. The van der Waals surface area contributed by atoms with Crippen LogP contribution in [0.3, 0.4) is 0 Å². The number of fused-ring (bicyclic) bond motifs is 1. The fourth-order valence-corrected chi connectivity index (χ4v) is 6.85. The summed E-state index contributed by atoms with van der Waals surface area (Å²) in [7, 11) is 2.54. The first-order valence-corrected chi connectivity index (χ1v) is 14.2. The molecule has 2 aliphatic heterocycles. The third-order valence-corrected chi connectivity index (χ3v) is 8.67. The Morgan fingerprint density at radius 2 is 1.60 bits per heavy atom. The van der Waals surface area contributed by atoms with Crippen molar-refractivity contribution in [2.45, 2.75) is 38.6 Å². The second kappa shape index (κ2) is 9.97. The van der Waals surface area contributed by atoms with Gasteiger partial charge in [-0.15, -0.1) is 0 Å². The van der Waals surface area contributed by atoms with E-state index in [1.807, 2.05) is 32.1 Å². The lowest BCUT2D eigenvalue weighted by atomic mass is 9.78. The van der Waals surface area contributed by atoms with E-state index < -0.39 is 29.1 Å². The number of carbonyl (C=O) groups excluding carboxylic acids is 2. The topological polar surface area (TPSA) is 87.4 Å². The highest BCUT2D eigenvalue weighted by atomic mass is 16.7. The van der Waals surface area contributed by atoms with Gasteiger partial charge in [0.2, 0.25) is 5.76 Å². The van der Waals surface area contributed by atoms with Crippen LogP contribution < -0.4 is 0 Å². The van der Waals surface area contributed by atoms with Crippen molar-refractivity contribution >= 4 is 50.3 Å². The normalized spacial score (nSPS) is 21.7. The smallest absolute Gasteiger partial charge is 0.376 e. The van der Waals surface area contributed by atoms with Gasteiger partial charge in [-0.25, -0.2) is 9.59 Å². The first kappa shape index (κ1) is 27.2. The number of methoxy groups -OCH3 is 2. The van der Waals surface area contributed by atoms with Crippen molar-refractivity contribution in [3.63, 3.8) is 0 Å². The van der Waals surface area contributed by atoms with E-state index in [2.05, 4.69) is 54.6 Å². The highest BCUT2D eigenvalue weighted by Crippen LogP contribution is 2.56. The average molecular weight is 578 g/mol. The van der Waals surface area contributed by atoms with Gasteiger partial charge in [0.15, 0.2) is 6.23 Å². The molecule has 1 saturated heterocycles. The Kier molecular flexibility index (Phi) is 6.30. The summed E-state index contributed by atoms with van der Waals surface area (Å²) < 4.78 is 22.1. The molecular weight excluding hydrogens is 546 g/mol. The van der Waals surface area contributed by atoms with Crippen molar-refractivity contribution < 1.29 is 33.1 Å². The Bertz CT molecular complexity index is 1920. The van der Waals surface area contributed by atoms with E-state index in [1.54, 1.807) is 17.4 Å². The van der Waals surface area contributed by atoms with E-state index in [4.69, 9.17) is 23.5 Å². The first-order chi connectivity index (χ1) is 20.8. The summed E-state index contributed by atoms with van der Waals surface area (Å²) >= 11 is 0. The lowest BCUT2D eigenvalue weighted by Gasteiger charge is -2.32. The zero-order valence-electron chi connectivity index (χ0n) is 24.4. The molecule has 43 heavy (non-hydrogen) atoms. The van der Waals surface area contributed by atoms with Crippen LogP contribution in [-0.4, -0.2) is 43.0 Å². The van der Waals surface area contributed by atoms with Crippen LogP contribution in [0.15, 0.2) is 94.8 Å². The molecule has 2 atom stereocenters. The van der Waals surface area contributed by atoms with Gasteiger partial charge in [0, 0.05) is 5.41 Å². The van der Waals surface area contributed by atoms with Crippen LogP contribution >= 0.6 is 0 Å². The number of ether oxygens (including phenoxy) is 3. The predicted octanol–water partition coefficient (Wildman–Crippen LogP) is 6.75. The number of furan rings is 1. The molecule has 1 fully saturated rings. The molecule has 0 amide bonds. The Morgan fingerprint density at radius 3 is 2.30 bits per heavy atom. The number of rotatable bonds is 7. The van der Waals surface area contributed by atoms with Gasteiger partial charge in [-0.2, -0.15) is 0 Å². The number of nitrogens with zero attached hydrogens (tertiary/aromatic N) is 1. The summed E-state index contributed by atoms with van der Waals surface area (Å²) in [4.78, 5) is 32.6. The summed E-state index contributed by atoms with van der Waals surface area (Å²) in [5.74, 6) is -1.01. The van der Waals surface area contributed by atoms with E-state index in [0.29, 0.717) is 12.2 Å². The maximum Gasteiger partial charge on any atom is 0.376 e. The molecular formula is C35H31NO7. The van der Waals surface area contributed by atoms with E-state index >= 15 is 0 Å². The molecule has 0 saturated carbocycles. The molecule has 5 aromatic rings. The van der Waals surface area contributed by atoms with Crippen LogP contribution in [0.1, 0.15) is 31.6 Å². The van der Waals surface area contributed by atoms with Crippen molar-refractivity contribution in [2.75, 3.05) is 14.2 Å². The van der Waals surface area contributed by atoms with Gasteiger partial charge in [0.25, 0.3) is 0 Å². The third kappa shape index (κ3) is 4.12. The molecule has 0 unspecified atom stereocenters. The Labute approximate surface area is 248 Å². The lowest BCUT2D eigenvalue weighted by molar-refractivity contribution is -0.244. The quantitative estimate of drug-likeness (QED) is 0.155. The van der Waals surface area contributed by atoms with Crippen LogP contribution in [0.5, 0.6) is 0 Å². The molecule has 0 bridgehead atoms. The minimum atomic E-state index is -1.18. The van der Waals surface area contributed by atoms with Crippen molar-refractivity contribution in [1.82, 2.24) is 5.06 Å². The van der Waals surface area contributed by atoms with Crippen molar-refractivity contribution in [3.8, 4) is 0 Å². The highest BCUT2D eigenvalue weighted by Gasteiger charge is 2.65. The summed E-state index contributed by atoms with van der Waals surface area (Å²) in [5, 5.41) is 8.59. The number of hydroxylamine groups is 2. The lowest BCUT2D eigenvalue weighted by Crippen LogP contribution is -2.45. The van der Waals surface area contributed by atoms with Gasteiger partial charge in [-0.3, -0.25) is 0 Å². The maximum absolute atomic E-state index is 13.4. The average Bonchev–Trinajstić information content (AvgIpc) is 3.69. The van der Waals surface area contributed by atoms with Crippen LogP contribution in [-0.2, 0) is 35.2 Å². The Morgan fingerprint density at radius 1 is 0.907 bits per heavy atom. The molecule has 8 nitrogen and oxygen atoms in total. The summed E-state index contributed by atoms with van der Waals surface area (Å²) in [6.07, 6.45) is 5.26. The molecule has 3 heterocycles. The molecule has 0 spiro atoms. The largest absolute Gasteiger partial charge is 0.467 e. The van der Waals surface area contributed by atoms with Gasteiger partial charge in [0.05, 0.1) is 20.5 Å². The van der Waals surface area contributed by atoms with E-state index in [1.165, 1.54) is 35.8 Å². The fraction of sp³-hybridized carbons (Fsp3) is 0.257.